The molecule has 2 aliphatic rings. The fourth-order valence-electron chi connectivity index (χ4n) is 3.20. The maximum atomic E-state index is 4.46. The molecule has 16 heavy (non-hydrogen) atoms. The van der Waals surface area contributed by atoms with Gasteiger partial charge in [0.2, 0.25) is 0 Å². The van der Waals surface area contributed by atoms with Gasteiger partial charge in [-0.25, -0.2) is 4.98 Å². The first-order valence-corrected chi connectivity index (χ1v) is 7.34. The summed E-state index contributed by atoms with van der Waals surface area (Å²) in [7, 11) is 0. The maximum Gasteiger partial charge on any atom is 0.126 e. The molecule has 0 saturated heterocycles. The van der Waals surface area contributed by atoms with Gasteiger partial charge in [0.15, 0.2) is 0 Å². The van der Waals surface area contributed by atoms with Crippen LogP contribution >= 0.6 is 11.8 Å². The summed E-state index contributed by atoms with van der Waals surface area (Å²) in [6.07, 6.45) is 9.73. The second-order valence-corrected chi connectivity index (χ2v) is 5.89. The molecule has 1 aromatic heterocycles. The zero-order chi connectivity index (χ0) is 11.0. The summed E-state index contributed by atoms with van der Waals surface area (Å²) >= 11 is 1.74. The molecule has 0 spiro atoms. The minimum absolute atomic E-state index is 0.686. The zero-order valence-corrected chi connectivity index (χ0v) is 10.5. The van der Waals surface area contributed by atoms with Crippen molar-refractivity contribution in [3.8, 4) is 0 Å². The number of pyridine rings is 1. The fourth-order valence-corrected chi connectivity index (χ4v) is 3.56. The minimum Gasteiger partial charge on any atom is -0.367 e. The lowest BCUT2D eigenvalue weighted by molar-refractivity contribution is 0.439. The topological polar surface area (TPSA) is 24.9 Å². The van der Waals surface area contributed by atoms with E-state index >= 15 is 0 Å². The van der Waals surface area contributed by atoms with E-state index in [0.29, 0.717) is 6.04 Å². The highest BCUT2D eigenvalue weighted by molar-refractivity contribution is 7.98. The lowest BCUT2D eigenvalue weighted by atomic mass is 9.95. The van der Waals surface area contributed by atoms with Crippen LogP contribution in [0.4, 0.5) is 5.82 Å². The molecule has 1 aromatic rings. The van der Waals surface area contributed by atoms with Gasteiger partial charge in [-0.15, -0.1) is 11.8 Å². The van der Waals surface area contributed by atoms with Crippen LogP contribution in [-0.2, 0) is 0 Å². The number of nitrogens with zero attached hydrogens (tertiary/aromatic N) is 1. The standard InChI is InChI=1S/C13H18N2S/c1-16-11-4-5-13(14-8-11)15-12-7-9-2-3-10(12)6-9/h4-5,8-10,12H,2-3,6-7H2,1H3,(H,14,15). The Morgan fingerprint density at radius 1 is 1.31 bits per heavy atom. The van der Waals surface area contributed by atoms with Crippen LogP contribution < -0.4 is 5.32 Å². The van der Waals surface area contributed by atoms with E-state index in [1.54, 1.807) is 11.8 Å². The van der Waals surface area contributed by atoms with E-state index in [9.17, 15) is 0 Å². The van der Waals surface area contributed by atoms with Crippen molar-refractivity contribution in [1.82, 2.24) is 4.98 Å². The maximum absolute atomic E-state index is 4.46. The van der Waals surface area contributed by atoms with Gasteiger partial charge in [0.1, 0.15) is 5.82 Å². The van der Waals surface area contributed by atoms with Crippen LogP contribution in [-0.4, -0.2) is 17.3 Å². The summed E-state index contributed by atoms with van der Waals surface area (Å²) in [5.74, 6) is 2.95. The number of thioether (sulfide) groups is 1. The lowest BCUT2D eigenvalue weighted by Gasteiger charge is -2.23. The van der Waals surface area contributed by atoms with Crippen molar-refractivity contribution in [2.75, 3.05) is 11.6 Å². The number of nitrogens with one attached hydrogen (secondary N) is 1. The Balaban J connectivity index is 1.65. The van der Waals surface area contributed by atoms with E-state index in [0.717, 1.165) is 17.7 Å². The van der Waals surface area contributed by atoms with E-state index in [4.69, 9.17) is 0 Å². The van der Waals surface area contributed by atoms with Crippen LogP contribution in [0.3, 0.4) is 0 Å². The largest absolute Gasteiger partial charge is 0.367 e. The number of hydrogen-bond acceptors (Lipinski definition) is 3. The van der Waals surface area contributed by atoms with Gasteiger partial charge in [-0.1, -0.05) is 6.42 Å². The normalized spacial score (nSPS) is 31.9. The molecule has 0 amide bonds. The van der Waals surface area contributed by atoms with E-state index in [2.05, 4.69) is 28.7 Å². The Kier molecular flexibility index (Phi) is 2.80. The molecule has 2 fully saturated rings. The third-order valence-corrected chi connectivity index (χ3v) is 4.76. The predicted molar refractivity (Wildman–Crippen MR) is 68.9 cm³/mol. The first kappa shape index (κ1) is 10.5. The van der Waals surface area contributed by atoms with Crippen LogP contribution in [0.5, 0.6) is 0 Å². The van der Waals surface area contributed by atoms with Crippen LogP contribution in [0, 0.1) is 11.8 Å². The summed E-state index contributed by atoms with van der Waals surface area (Å²) < 4.78 is 0. The predicted octanol–water partition coefficient (Wildman–Crippen LogP) is 3.40. The Bertz CT molecular complexity index is 363. The van der Waals surface area contributed by atoms with Crippen molar-refractivity contribution in [2.24, 2.45) is 11.8 Å². The number of hydrogen-bond donors (Lipinski definition) is 1. The number of anilines is 1. The molecule has 2 nitrogen and oxygen atoms in total. The van der Waals surface area contributed by atoms with E-state index in [1.165, 1.54) is 30.6 Å². The third-order valence-electron chi connectivity index (χ3n) is 4.04. The van der Waals surface area contributed by atoms with E-state index in [-0.39, 0.29) is 0 Å². The summed E-state index contributed by atoms with van der Waals surface area (Å²) in [6.45, 7) is 0. The molecule has 3 atom stereocenters. The molecule has 1 heterocycles. The molecule has 0 radical (unpaired) electrons. The molecule has 86 valence electrons. The highest BCUT2D eigenvalue weighted by Crippen LogP contribution is 2.45. The Morgan fingerprint density at radius 2 is 2.25 bits per heavy atom. The van der Waals surface area contributed by atoms with Gasteiger partial charge in [-0.2, -0.15) is 0 Å². The Labute approximate surface area is 101 Å². The quantitative estimate of drug-likeness (QED) is 0.811. The Morgan fingerprint density at radius 3 is 2.81 bits per heavy atom. The van der Waals surface area contributed by atoms with Gasteiger partial charge in [0.25, 0.3) is 0 Å². The molecular weight excluding hydrogens is 216 g/mol. The molecule has 1 N–H and O–H groups in total. The monoisotopic (exact) mass is 234 g/mol. The van der Waals surface area contributed by atoms with Crippen molar-refractivity contribution in [1.29, 1.82) is 0 Å². The van der Waals surface area contributed by atoms with E-state index < -0.39 is 0 Å². The van der Waals surface area contributed by atoms with Gasteiger partial charge >= 0.3 is 0 Å². The van der Waals surface area contributed by atoms with Crippen LogP contribution in [0.1, 0.15) is 25.7 Å². The van der Waals surface area contributed by atoms with Crippen molar-refractivity contribution in [3.05, 3.63) is 18.3 Å². The summed E-state index contributed by atoms with van der Waals surface area (Å²) in [6, 6.07) is 4.94. The first-order valence-electron chi connectivity index (χ1n) is 6.12. The molecule has 3 heteroatoms. The molecular formula is C13H18N2S. The number of fused-ring (bicyclic) bond motifs is 2. The van der Waals surface area contributed by atoms with Crippen molar-refractivity contribution in [2.45, 2.75) is 36.6 Å². The summed E-state index contributed by atoms with van der Waals surface area (Å²) in [5.41, 5.74) is 0. The van der Waals surface area contributed by atoms with Gasteiger partial charge in [0, 0.05) is 17.1 Å². The van der Waals surface area contributed by atoms with Crippen molar-refractivity contribution < 1.29 is 0 Å². The molecule has 3 unspecified atom stereocenters. The van der Waals surface area contributed by atoms with Crippen molar-refractivity contribution in [3.63, 3.8) is 0 Å². The van der Waals surface area contributed by atoms with Crippen molar-refractivity contribution >= 4 is 17.6 Å². The van der Waals surface area contributed by atoms with Gasteiger partial charge < -0.3 is 5.32 Å². The SMILES string of the molecule is CSc1ccc(NC2CC3CCC2C3)nc1. The highest BCUT2D eigenvalue weighted by Gasteiger charge is 2.39. The average Bonchev–Trinajstić information content (AvgIpc) is 2.92. The van der Waals surface area contributed by atoms with E-state index in [1.807, 2.05) is 6.20 Å². The molecule has 2 saturated carbocycles. The highest BCUT2D eigenvalue weighted by atomic mass is 32.2. The lowest BCUT2D eigenvalue weighted by Crippen LogP contribution is -2.26. The second-order valence-electron chi connectivity index (χ2n) is 5.01. The first-order chi connectivity index (χ1) is 7.85. The number of rotatable bonds is 3. The molecule has 3 rings (SSSR count). The summed E-state index contributed by atoms with van der Waals surface area (Å²) in [4.78, 5) is 5.70. The zero-order valence-electron chi connectivity index (χ0n) is 9.65. The fraction of sp³-hybridized carbons (Fsp3) is 0.615. The van der Waals surface area contributed by atoms with Gasteiger partial charge in [-0.3, -0.25) is 0 Å². The molecule has 0 aromatic carbocycles. The number of aromatic nitrogens is 1. The van der Waals surface area contributed by atoms with Crippen LogP contribution in [0.25, 0.3) is 0 Å². The van der Waals surface area contributed by atoms with Gasteiger partial charge in [-0.05, 0) is 49.5 Å². The average molecular weight is 234 g/mol. The minimum atomic E-state index is 0.686. The smallest absolute Gasteiger partial charge is 0.126 e. The molecule has 0 aliphatic heterocycles. The van der Waals surface area contributed by atoms with Crippen LogP contribution in [0.2, 0.25) is 0 Å². The van der Waals surface area contributed by atoms with Gasteiger partial charge in [0.05, 0.1) is 0 Å². The summed E-state index contributed by atoms with van der Waals surface area (Å²) in [5, 5.41) is 3.60. The Hall–Kier alpha value is -0.700. The second kappa shape index (κ2) is 4.28. The third kappa shape index (κ3) is 1.93. The molecule has 2 aliphatic carbocycles. The van der Waals surface area contributed by atoms with Crippen LogP contribution in [0.15, 0.2) is 23.2 Å². The molecule has 2 bridgehead atoms.